The van der Waals surface area contributed by atoms with E-state index >= 15 is 0 Å². The normalized spacial score (nSPS) is 12.1. The Morgan fingerprint density at radius 2 is 1.86 bits per heavy atom. The molecule has 3 rings (SSSR count). The molecule has 0 radical (unpaired) electrons. The van der Waals surface area contributed by atoms with Gasteiger partial charge in [0.05, 0.1) is 0 Å². The lowest BCUT2D eigenvalue weighted by atomic mass is 10.1. The van der Waals surface area contributed by atoms with Crippen LogP contribution in [0.5, 0.6) is 5.75 Å². The molecule has 0 fully saturated rings. The van der Waals surface area contributed by atoms with E-state index in [1.807, 2.05) is 55.5 Å². The fourth-order valence-corrected chi connectivity index (χ4v) is 2.34. The number of rotatable bonds is 4. The molecule has 1 atom stereocenters. The van der Waals surface area contributed by atoms with Gasteiger partial charge in [-0.15, -0.1) is 10.2 Å². The van der Waals surface area contributed by atoms with Crippen LogP contribution in [-0.4, -0.2) is 10.2 Å². The van der Waals surface area contributed by atoms with E-state index in [0.717, 1.165) is 16.9 Å². The molecule has 0 saturated heterocycles. The Kier molecular flexibility index (Phi) is 3.88. The summed E-state index contributed by atoms with van der Waals surface area (Å²) in [5.41, 5.74) is 1.81. The summed E-state index contributed by atoms with van der Waals surface area (Å²) >= 11 is 6.17. The van der Waals surface area contributed by atoms with Gasteiger partial charge in [0.2, 0.25) is 12.3 Å². The molecule has 0 aliphatic rings. The van der Waals surface area contributed by atoms with Crippen LogP contribution in [0.25, 0.3) is 11.5 Å². The Labute approximate surface area is 127 Å². The van der Waals surface area contributed by atoms with Crippen LogP contribution >= 0.6 is 11.6 Å². The summed E-state index contributed by atoms with van der Waals surface area (Å²) in [7, 11) is 0. The van der Waals surface area contributed by atoms with Crippen LogP contribution in [-0.2, 0) is 0 Å². The van der Waals surface area contributed by atoms with Crippen LogP contribution in [0.15, 0.2) is 59.3 Å². The zero-order chi connectivity index (χ0) is 14.7. The number of ether oxygens (including phenoxy) is 1. The Morgan fingerprint density at radius 1 is 1.10 bits per heavy atom. The smallest absolute Gasteiger partial charge is 0.247 e. The molecular formula is C16H13ClN2O2. The molecule has 1 heterocycles. The maximum Gasteiger partial charge on any atom is 0.247 e. The van der Waals surface area contributed by atoms with Crippen molar-refractivity contribution in [3.05, 3.63) is 65.5 Å². The second-order valence-corrected chi connectivity index (χ2v) is 4.96. The lowest BCUT2D eigenvalue weighted by Crippen LogP contribution is -2.03. The van der Waals surface area contributed by atoms with Crippen molar-refractivity contribution in [2.45, 2.75) is 13.0 Å². The molecule has 21 heavy (non-hydrogen) atoms. The van der Waals surface area contributed by atoms with Crippen LogP contribution in [0.4, 0.5) is 0 Å². The maximum atomic E-state index is 6.17. The first-order valence-electron chi connectivity index (χ1n) is 6.52. The van der Waals surface area contributed by atoms with E-state index in [-0.39, 0.29) is 6.10 Å². The number of halogens is 1. The molecule has 0 aliphatic heterocycles. The van der Waals surface area contributed by atoms with Gasteiger partial charge < -0.3 is 9.15 Å². The standard InChI is InChI=1S/C16H13ClN2O2/c1-11(14-4-2-3-5-15(14)17)21-13-8-6-12(7-9-13)16-19-18-10-20-16/h2-11H,1H3/t11-/m1/s1. The van der Waals surface area contributed by atoms with Gasteiger partial charge in [-0.3, -0.25) is 0 Å². The third-order valence-electron chi connectivity index (χ3n) is 3.12. The molecule has 0 saturated carbocycles. The SMILES string of the molecule is C[C@@H](Oc1ccc(-c2nnco2)cc1)c1ccccc1Cl. The highest BCUT2D eigenvalue weighted by atomic mass is 35.5. The summed E-state index contributed by atoms with van der Waals surface area (Å²) in [4.78, 5) is 0. The Balaban J connectivity index is 1.75. The van der Waals surface area contributed by atoms with Crippen LogP contribution < -0.4 is 4.74 Å². The van der Waals surface area contributed by atoms with Gasteiger partial charge in [-0.05, 0) is 37.3 Å². The maximum absolute atomic E-state index is 6.17. The van der Waals surface area contributed by atoms with Gasteiger partial charge in [0.15, 0.2) is 0 Å². The highest BCUT2D eigenvalue weighted by Gasteiger charge is 2.11. The predicted octanol–water partition coefficient (Wildman–Crippen LogP) is 4.53. The number of aromatic nitrogens is 2. The topological polar surface area (TPSA) is 48.2 Å². The third-order valence-corrected chi connectivity index (χ3v) is 3.46. The van der Waals surface area contributed by atoms with Crippen molar-refractivity contribution in [1.82, 2.24) is 10.2 Å². The molecule has 106 valence electrons. The summed E-state index contributed by atoms with van der Waals surface area (Å²) in [6.07, 6.45) is 1.17. The van der Waals surface area contributed by atoms with E-state index in [4.69, 9.17) is 20.8 Å². The lowest BCUT2D eigenvalue weighted by Gasteiger charge is -2.16. The Hall–Kier alpha value is -2.33. The van der Waals surface area contributed by atoms with Crippen molar-refractivity contribution in [3.63, 3.8) is 0 Å². The quantitative estimate of drug-likeness (QED) is 0.710. The van der Waals surface area contributed by atoms with Gasteiger partial charge >= 0.3 is 0 Å². The predicted molar refractivity (Wildman–Crippen MR) is 80.2 cm³/mol. The molecule has 0 aliphatic carbocycles. The second-order valence-electron chi connectivity index (χ2n) is 4.55. The average Bonchev–Trinajstić information content (AvgIpc) is 3.02. The first kappa shape index (κ1) is 13.6. The van der Waals surface area contributed by atoms with Crippen molar-refractivity contribution in [1.29, 1.82) is 0 Å². The Morgan fingerprint density at radius 3 is 2.52 bits per heavy atom. The highest BCUT2D eigenvalue weighted by molar-refractivity contribution is 6.31. The summed E-state index contributed by atoms with van der Waals surface area (Å²) in [5.74, 6) is 1.24. The molecule has 0 N–H and O–H groups in total. The summed E-state index contributed by atoms with van der Waals surface area (Å²) in [5, 5.41) is 8.22. The minimum absolute atomic E-state index is 0.132. The minimum atomic E-state index is -0.132. The van der Waals surface area contributed by atoms with Crippen molar-refractivity contribution < 1.29 is 9.15 Å². The zero-order valence-electron chi connectivity index (χ0n) is 11.4. The minimum Gasteiger partial charge on any atom is -0.486 e. The van der Waals surface area contributed by atoms with Crippen LogP contribution in [0.2, 0.25) is 5.02 Å². The number of hydrogen-bond acceptors (Lipinski definition) is 4. The van der Waals surface area contributed by atoms with Gasteiger partial charge in [-0.2, -0.15) is 0 Å². The first-order valence-corrected chi connectivity index (χ1v) is 6.89. The van der Waals surface area contributed by atoms with Gasteiger partial charge in [0.1, 0.15) is 11.9 Å². The number of nitrogens with zero attached hydrogens (tertiary/aromatic N) is 2. The third kappa shape index (κ3) is 3.06. The van der Waals surface area contributed by atoms with Gasteiger partial charge in [-0.1, -0.05) is 29.8 Å². The van der Waals surface area contributed by atoms with Gasteiger partial charge in [0, 0.05) is 16.1 Å². The summed E-state index contributed by atoms with van der Waals surface area (Å²) < 4.78 is 11.0. The van der Waals surface area contributed by atoms with Crippen molar-refractivity contribution >= 4 is 11.6 Å². The Bertz CT molecular complexity index is 711. The molecule has 1 aromatic heterocycles. The molecule has 0 bridgehead atoms. The molecular weight excluding hydrogens is 288 g/mol. The van der Waals surface area contributed by atoms with Crippen LogP contribution in [0, 0.1) is 0 Å². The van der Waals surface area contributed by atoms with Crippen LogP contribution in [0.3, 0.4) is 0 Å². The van der Waals surface area contributed by atoms with Gasteiger partial charge in [0.25, 0.3) is 0 Å². The van der Waals surface area contributed by atoms with E-state index in [2.05, 4.69) is 10.2 Å². The lowest BCUT2D eigenvalue weighted by molar-refractivity contribution is 0.227. The molecule has 0 unspecified atom stereocenters. The van der Waals surface area contributed by atoms with E-state index < -0.39 is 0 Å². The molecule has 4 nitrogen and oxygen atoms in total. The second kappa shape index (κ2) is 5.97. The molecule has 3 aromatic rings. The largest absolute Gasteiger partial charge is 0.486 e. The first-order chi connectivity index (χ1) is 10.2. The fraction of sp³-hybridized carbons (Fsp3) is 0.125. The zero-order valence-corrected chi connectivity index (χ0v) is 12.1. The van der Waals surface area contributed by atoms with Crippen molar-refractivity contribution in [3.8, 4) is 17.2 Å². The van der Waals surface area contributed by atoms with E-state index in [1.165, 1.54) is 6.39 Å². The van der Waals surface area contributed by atoms with E-state index in [1.54, 1.807) is 0 Å². The van der Waals surface area contributed by atoms with E-state index in [9.17, 15) is 0 Å². The molecule has 5 heteroatoms. The molecule has 2 aromatic carbocycles. The van der Waals surface area contributed by atoms with Gasteiger partial charge in [-0.25, -0.2) is 0 Å². The summed E-state index contributed by atoms with van der Waals surface area (Å²) in [6.45, 7) is 1.97. The molecule has 0 amide bonds. The van der Waals surface area contributed by atoms with Crippen molar-refractivity contribution in [2.24, 2.45) is 0 Å². The van der Waals surface area contributed by atoms with Crippen LogP contribution in [0.1, 0.15) is 18.6 Å². The number of hydrogen-bond donors (Lipinski definition) is 0. The van der Waals surface area contributed by atoms with E-state index in [0.29, 0.717) is 10.9 Å². The fourth-order valence-electron chi connectivity index (χ4n) is 2.05. The number of benzene rings is 2. The van der Waals surface area contributed by atoms with Crippen molar-refractivity contribution in [2.75, 3.05) is 0 Å². The summed E-state index contributed by atoms with van der Waals surface area (Å²) in [6, 6.07) is 15.1. The average molecular weight is 301 g/mol. The highest BCUT2D eigenvalue weighted by Crippen LogP contribution is 2.28. The monoisotopic (exact) mass is 300 g/mol. The molecule has 0 spiro atoms.